The van der Waals surface area contributed by atoms with E-state index in [0.29, 0.717) is 0 Å². The van der Waals surface area contributed by atoms with Crippen molar-refractivity contribution in [2.24, 2.45) is 5.92 Å². The summed E-state index contributed by atoms with van der Waals surface area (Å²) in [5.74, 6) is 0.956. The zero-order chi connectivity index (χ0) is 8.81. The van der Waals surface area contributed by atoms with Crippen molar-refractivity contribution in [1.82, 2.24) is 4.90 Å². The highest BCUT2D eigenvalue weighted by molar-refractivity contribution is 4.80. The van der Waals surface area contributed by atoms with Gasteiger partial charge in [-0.15, -0.1) is 0 Å². The molecule has 0 unspecified atom stereocenters. The molecule has 0 saturated carbocycles. The minimum atomic E-state index is 0.717. The Morgan fingerprint density at radius 3 is 2.83 bits per heavy atom. The number of nitrogens with zero attached hydrogens (tertiary/aromatic N) is 2. The Labute approximate surface area is 75.2 Å². The summed E-state index contributed by atoms with van der Waals surface area (Å²) in [5, 5.41) is 8.34. The summed E-state index contributed by atoms with van der Waals surface area (Å²) in [6.45, 7) is 5.94. The van der Waals surface area contributed by atoms with Gasteiger partial charge < -0.3 is 4.90 Å². The van der Waals surface area contributed by atoms with Crippen molar-refractivity contribution in [2.45, 2.75) is 32.6 Å². The number of hydrogen-bond acceptors (Lipinski definition) is 2. The number of nitriles is 1. The van der Waals surface area contributed by atoms with Gasteiger partial charge in [-0.2, -0.15) is 5.26 Å². The molecule has 2 nitrogen and oxygen atoms in total. The van der Waals surface area contributed by atoms with Crippen LogP contribution in [0.5, 0.6) is 0 Å². The van der Waals surface area contributed by atoms with Crippen LogP contribution < -0.4 is 0 Å². The van der Waals surface area contributed by atoms with Crippen LogP contribution in [0.25, 0.3) is 0 Å². The lowest BCUT2D eigenvalue weighted by molar-refractivity contribution is 0.0931. The van der Waals surface area contributed by atoms with E-state index in [1.807, 2.05) is 0 Å². The average Bonchev–Trinajstić information content (AvgIpc) is 2.00. The highest BCUT2D eigenvalue weighted by Crippen LogP contribution is 2.20. The predicted octanol–water partition coefficient (Wildman–Crippen LogP) is 2.02. The molecular formula is C10H18N2. The average molecular weight is 166 g/mol. The maximum absolute atomic E-state index is 8.34. The third-order valence-electron chi connectivity index (χ3n) is 2.49. The lowest BCUT2D eigenvalue weighted by atomic mass is 9.95. The topological polar surface area (TPSA) is 27.0 Å². The number of hydrogen-bond donors (Lipinski definition) is 0. The molecule has 0 spiro atoms. The molecule has 0 atom stereocenters. The summed E-state index contributed by atoms with van der Waals surface area (Å²) < 4.78 is 0. The van der Waals surface area contributed by atoms with Crippen LogP contribution in [-0.2, 0) is 0 Å². The van der Waals surface area contributed by atoms with Gasteiger partial charge in [0.2, 0.25) is 0 Å². The fourth-order valence-corrected chi connectivity index (χ4v) is 1.83. The second-order valence-electron chi connectivity index (χ2n) is 3.68. The van der Waals surface area contributed by atoms with Gasteiger partial charge in [0.1, 0.15) is 0 Å². The molecule has 68 valence electrons. The third kappa shape index (κ3) is 2.83. The quantitative estimate of drug-likeness (QED) is 0.584. The van der Waals surface area contributed by atoms with Crippen molar-refractivity contribution in [2.75, 3.05) is 19.6 Å². The van der Waals surface area contributed by atoms with Gasteiger partial charge in [0, 0.05) is 19.5 Å². The van der Waals surface area contributed by atoms with E-state index in [9.17, 15) is 0 Å². The first-order valence-electron chi connectivity index (χ1n) is 4.96. The van der Waals surface area contributed by atoms with Gasteiger partial charge in [0.25, 0.3) is 0 Å². The predicted molar refractivity (Wildman–Crippen MR) is 49.7 cm³/mol. The Hall–Kier alpha value is -0.550. The highest BCUT2D eigenvalue weighted by atomic mass is 15.2. The summed E-state index contributed by atoms with van der Waals surface area (Å²) in [6, 6.07) is 2.18. The Bertz CT molecular complexity index is 154. The minimum Gasteiger partial charge on any atom is -0.303 e. The Kier molecular flexibility index (Phi) is 4.10. The fraction of sp³-hybridized carbons (Fsp3) is 0.900. The molecule has 0 aromatic rings. The lowest BCUT2D eigenvalue weighted by Crippen LogP contribution is -2.46. The molecule has 0 aromatic carbocycles. The van der Waals surface area contributed by atoms with E-state index in [1.54, 1.807) is 0 Å². The summed E-state index contributed by atoms with van der Waals surface area (Å²) in [6.07, 6.45) is 4.47. The maximum atomic E-state index is 8.34. The maximum Gasteiger partial charge on any atom is 0.0622 e. The van der Waals surface area contributed by atoms with Crippen molar-refractivity contribution < 1.29 is 0 Å². The van der Waals surface area contributed by atoms with Crippen LogP contribution in [0.4, 0.5) is 0 Å². The Morgan fingerprint density at radius 2 is 2.25 bits per heavy atom. The van der Waals surface area contributed by atoms with E-state index in [-0.39, 0.29) is 0 Å². The van der Waals surface area contributed by atoms with Crippen LogP contribution >= 0.6 is 0 Å². The van der Waals surface area contributed by atoms with E-state index < -0.39 is 0 Å². The molecular weight excluding hydrogens is 148 g/mol. The molecule has 1 heterocycles. The van der Waals surface area contributed by atoms with Crippen molar-refractivity contribution >= 4 is 0 Å². The van der Waals surface area contributed by atoms with E-state index in [2.05, 4.69) is 17.9 Å². The number of likely N-dealkylation sites (tertiary alicyclic amines) is 1. The molecule has 0 bridgehead atoms. The first kappa shape index (κ1) is 9.54. The SMILES string of the molecule is CCCC1CN(CCCC#N)C1. The Morgan fingerprint density at radius 1 is 1.50 bits per heavy atom. The number of rotatable bonds is 5. The molecule has 0 N–H and O–H groups in total. The van der Waals surface area contributed by atoms with E-state index in [1.165, 1.54) is 25.9 Å². The van der Waals surface area contributed by atoms with Crippen molar-refractivity contribution in [3.63, 3.8) is 0 Å². The molecule has 1 fully saturated rings. The molecule has 1 aliphatic rings. The van der Waals surface area contributed by atoms with Crippen molar-refractivity contribution in [3.05, 3.63) is 0 Å². The standard InChI is InChI=1S/C10H18N2/c1-2-5-10-8-12(9-10)7-4-3-6-11/h10H,2-5,7-9H2,1H3. The van der Waals surface area contributed by atoms with E-state index >= 15 is 0 Å². The lowest BCUT2D eigenvalue weighted by Gasteiger charge is -2.39. The summed E-state index contributed by atoms with van der Waals surface area (Å²) in [4.78, 5) is 2.46. The van der Waals surface area contributed by atoms with Crippen LogP contribution in [0.15, 0.2) is 0 Å². The van der Waals surface area contributed by atoms with Gasteiger partial charge in [-0.05, 0) is 25.3 Å². The number of unbranched alkanes of at least 4 members (excludes halogenated alkanes) is 1. The van der Waals surface area contributed by atoms with E-state index in [0.717, 1.165) is 25.3 Å². The molecule has 12 heavy (non-hydrogen) atoms. The van der Waals surface area contributed by atoms with Gasteiger partial charge in [0.15, 0.2) is 0 Å². The molecule has 2 heteroatoms. The van der Waals surface area contributed by atoms with Gasteiger partial charge in [0.05, 0.1) is 6.07 Å². The van der Waals surface area contributed by atoms with Crippen LogP contribution in [0.3, 0.4) is 0 Å². The van der Waals surface area contributed by atoms with Gasteiger partial charge >= 0.3 is 0 Å². The molecule has 0 aromatic heterocycles. The Balaban J connectivity index is 1.92. The van der Waals surface area contributed by atoms with Gasteiger partial charge in [-0.25, -0.2) is 0 Å². The fourth-order valence-electron chi connectivity index (χ4n) is 1.83. The summed E-state index contributed by atoms with van der Waals surface area (Å²) in [5.41, 5.74) is 0. The van der Waals surface area contributed by atoms with Crippen LogP contribution in [-0.4, -0.2) is 24.5 Å². The normalized spacial score (nSPS) is 18.7. The first-order valence-corrected chi connectivity index (χ1v) is 4.96. The monoisotopic (exact) mass is 166 g/mol. The van der Waals surface area contributed by atoms with Crippen LogP contribution in [0.2, 0.25) is 0 Å². The van der Waals surface area contributed by atoms with Crippen LogP contribution in [0.1, 0.15) is 32.6 Å². The first-order chi connectivity index (χ1) is 5.86. The molecule has 1 rings (SSSR count). The zero-order valence-electron chi connectivity index (χ0n) is 7.92. The minimum absolute atomic E-state index is 0.717. The van der Waals surface area contributed by atoms with E-state index in [4.69, 9.17) is 5.26 Å². The second-order valence-corrected chi connectivity index (χ2v) is 3.68. The molecule has 0 amide bonds. The summed E-state index contributed by atoms with van der Waals surface area (Å²) in [7, 11) is 0. The smallest absolute Gasteiger partial charge is 0.0622 e. The highest BCUT2D eigenvalue weighted by Gasteiger charge is 2.24. The van der Waals surface area contributed by atoms with Crippen molar-refractivity contribution in [3.8, 4) is 6.07 Å². The largest absolute Gasteiger partial charge is 0.303 e. The third-order valence-corrected chi connectivity index (χ3v) is 2.49. The van der Waals surface area contributed by atoms with Gasteiger partial charge in [-0.3, -0.25) is 0 Å². The molecule has 1 aliphatic heterocycles. The zero-order valence-corrected chi connectivity index (χ0v) is 7.92. The van der Waals surface area contributed by atoms with Gasteiger partial charge in [-0.1, -0.05) is 13.3 Å². The molecule has 0 radical (unpaired) electrons. The second kappa shape index (κ2) is 5.16. The van der Waals surface area contributed by atoms with Crippen LogP contribution in [0, 0.1) is 17.2 Å². The summed E-state index contributed by atoms with van der Waals surface area (Å²) >= 11 is 0. The molecule has 1 saturated heterocycles. The molecule has 0 aliphatic carbocycles. The van der Waals surface area contributed by atoms with Crippen molar-refractivity contribution in [1.29, 1.82) is 5.26 Å².